The Hall–Kier alpha value is -0.280. The lowest BCUT2D eigenvalue weighted by molar-refractivity contribution is 0.0383. The van der Waals surface area contributed by atoms with Crippen LogP contribution < -0.4 is 10.6 Å². The molecule has 1 saturated heterocycles. The van der Waals surface area contributed by atoms with E-state index in [2.05, 4.69) is 10.6 Å². The van der Waals surface area contributed by atoms with Gasteiger partial charge in [-0.15, -0.1) is 0 Å². The Balaban J connectivity index is 0.000000841. The van der Waals surface area contributed by atoms with E-state index in [1.807, 2.05) is 13.8 Å². The number of rotatable bonds is 2. The molecule has 0 aromatic heterocycles. The third-order valence-corrected chi connectivity index (χ3v) is 2.84. The SMILES string of the molecule is C1COCCOCCNCCOCCOCCN1.CCOCC. The van der Waals surface area contributed by atoms with Gasteiger partial charge in [0.25, 0.3) is 0 Å². The van der Waals surface area contributed by atoms with Crippen LogP contribution in [0, 0.1) is 0 Å². The third kappa shape index (κ3) is 21.7. The number of nitrogens with one attached hydrogen (secondary N) is 2. The molecule has 0 saturated carbocycles. The summed E-state index contributed by atoms with van der Waals surface area (Å²) in [5.41, 5.74) is 0. The highest BCUT2D eigenvalue weighted by molar-refractivity contribution is 4.48. The minimum Gasteiger partial charge on any atom is -0.382 e. The zero-order valence-corrected chi connectivity index (χ0v) is 14.9. The van der Waals surface area contributed by atoms with E-state index in [9.17, 15) is 0 Å². The van der Waals surface area contributed by atoms with Crippen molar-refractivity contribution < 1.29 is 23.7 Å². The molecule has 0 spiro atoms. The fourth-order valence-electron chi connectivity index (χ4n) is 1.68. The molecule has 1 heterocycles. The highest BCUT2D eigenvalue weighted by Gasteiger charge is 1.94. The summed E-state index contributed by atoms with van der Waals surface area (Å²) in [6.45, 7) is 14.5. The highest BCUT2D eigenvalue weighted by Crippen LogP contribution is 1.81. The van der Waals surface area contributed by atoms with Gasteiger partial charge in [-0.2, -0.15) is 0 Å². The molecule has 0 aromatic rings. The van der Waals surface area contributed by atoms with Crippen molar-refractivity contribution in [2.75, 3.05) is 92.2 Å². The lowest BCUT2D eigenvalue weighted by Gasteiger charge is -2.10. The van der Waals surface area contributed by atoms with Crippen LogP contribution in [0.4, 0.5) is 0 Å². The summed E-state index contributed by atoms with van der Waals surface area (Å²) in [6.07, 6.45) is 0. The fraction of sp³-hybridized carbons (Fsp3) is 1.00. The number of hydrogen-bond donors (Lipinski definition) is 2. The molecule has 23 heavy (non-hydrogen) atoms. The summed E-state index contributed by atoms with van der Waals surface area (Å²) in [7, 11) is 0. The van der Waals surface area contributed by atoms with Gasteiger partial charge in [0, 0.05) is 39.4 Å². The monoisotopic (exact) mass is 336 g/mol. The normalized spacial score (nSPS) is 20.6. The second-order valence-electron chi connectivity index (χ2n) is 4.73. The van der Waals surface area contributed by atoms with E-state index in [4.69, 9.17) is 23.7 Å². The summed E-state index contributed by atoms with van der Waals surface area (Å²) in [6, 6.07) is 0. The first-order chi connectivity index (χ1) is 11.4. The zero-order chi connectivity index (χ0) is 16.8. The molecule has 0 amide bonds. The van der Waals surface area contributed by atoms with Crippen LogP contribution in [0.2, 0.25) is 0 Å². The summed E-state index contributed by atoms with van der Waals surface area (Å²) in [4.78, 5) is 0. The van der Waals surface area contributed by atoms with E-state index in [1.54, 1.807) is 0 Å². The van der Waals surface area contributed by atoms with Gasteiger partial charge in [-0.05, 0) is 13.8 Å². The van der Waals surface area contributed by atoms with E-state index >= 15 is 0 Å². The van der Waals surface area contributed by atoms with Crippen LogP contribution >= 0.6 is 0 Å². The van der Waals surface area contributed by atoms with Gasteiger partial charge in [0.1, 0.15) is 0 Å². The average Bonchev–Trinajstić information content (AvgIpc) is 2.56. The molecule has 0 aromatic carbocycles. The van der Waals surface area contributed by atoms with Gasteiger partial charge in [0.2, 0.25) is 0 Å². The van der Waals surface area contributed by atoms with E-state index in [0.717, 1.165) is 39.4 Å². The molecule has 0 bridgehead atoms. The number of hydrogen-bond acceptors (Lipinski definition) is 7. The third-order valence-electron chi connectivity index (χ3n) is 2.84. The van der Waals surface area contributed by atoms with Crippen molar-refractivity contribution in [1.82, 2.24) is 10.6 Å². The minimum atomic E-state index is 0.654. The molecule has 0 atom stereocenters. The van der Waals surface area contributed by atoms with Crippen molar-refractivity contribution in [3.63, 3.8) is 0 Å². The molecule has 1 aliphatic rings. The molecule has 2 N–H and O–H groups in total. The molecule has 7 nitrogen and oxygen atoms in total. The Morgan fingerprint density at radius 1 is 0.565 bits per heavy atom. The average molecular weight is 336 g/mol. The molecule has 140 valence electrons. The minimum absolute atomic E-state index is 0.654. The maximum atomic E-state index is 5.41. The van der Waals surface area contributed by atoms with Crippen molar-refractivity contribution in [2.45, 2.75) is 13.8 Å². The van der Waals surface area contributed by atoms with E-state index in [0.29, 0.717) is 52.9 Å². The van der Waals surface area contributed by atoms with Gasteiger partial charge in [0.05, 0.1) is 52.9 Å². The van der Waals surface area contributed by atoms with Crippen molar-refractivity contribution in [3.8, 4) is 0 Å². The van der Waals surface area contributed by atoms with Gasteiger partial charge in [-0.25, -0.2) is 0 Å². The van der Waals surface area contributed by atoms with Crippen molar-refractivity contribution in [1.29, 1.82) is 0 Å². The standard InChI is InChI=1S/C12H26N2O4.C4H10O/c1-5-15-9-10-17-7-3-14-4-8-18-12-11-16-6-2-13-1;1-3-5-4-2/h13-14H,1-12H2;3-4H2,1-2H3. The predicted molar refractivity (Wildman–Crippen MR) is 91.2 cm³/mol. The first kappa shape index (κ1) is 22.7. The molecule has 0 aliphatic carbocycles. The van der Waals surface area contributed by atoms with Crippen LogP contribution in [0.5, 0.6) is 0 Å². The van der Waals surface area contributed by atoms with E-state index < -0.39 is 0 Å². The first-order valence-electron chi connectivity index (χ1n) is 8.72. The molecule has 1 aliphatic heterocycles. The van der Waals surface area contributed by atoms with E-state index in [1.165, 1.54) is 0 Å². The summed E-state index contributed by atoms with van der Waals surface area (Å²) >= 11 is 0. The molecular formula is C16H36N2O5. The molecule has 1 fully saturated rings. The maximum absolute atomic E-state index is 5.41. The van der Waals surface area contributed by atoms with Gasteiger partial charge >= 0.3 is 0 Å². The number of ether oxygens (including phenoxy) is 5. The lowest BCUT2D eigenvalue weighted by Crippen LogP contribution is -2.27. The Kier molecular flexibility index (Phi) is 21.5. The maximum Gasteiger partial charge on any atom is 0.0701 e. The quantitative estimate of drug-likeness (QED) is 0.751. The molecule has 0 unspecified atom stereocenters. The van der Waals surface area contributed by atoms with E-state index in [-0.39, 0.29) is 0 Å². The van der Waals surface area contributed by atoms with Crippen LogP contribution in [0.3, 0.4) is 0 Å². The summed E-state index contributed by atoms with van der Waals surface area (Å²) < 4.78 is 26.5. The van der Waals surface area contributed by atoms with Crippen molar-refractivity contribution >= 4 is 0 Å². The fourth-order valence-corrected chi connectivity index (χ4v) is 1.68. The first-order valence-corrected chi connectivity index (χ1v) is 8.72. The molecule has 7 heteroatoms. The summed E-state index contributed by atoms with van der Waals surface area (Å²) in [5, 5.41) is 6.50. The topological polar surface area (TPSA) is 70.2 Å². The molecule has 0 radical (unpaired) electrons. The van der Waals surface area contributed by atoms with Crippen LogP contribution in [0.25, 0.3) is 0 Å². The largest absolute Gasteiger partial charge is 0.382 e. The molecular weight excluding hydrogens is 300 g/mol. The highest BCUT2D eigenvalue weighted by atomic mass is 16.5. The Morgan fingerprint density at radius 2 is 0.870 bits per heavy atom. The van der Waals surface area contributed by atoms with Gasteiger partial charge in [0.15, 0.2) is 0 Å². The molecule has 1 rings (SSSR count). The Labute approximate surface area is 141 Å². The van der Waals surface area contributed by atoms with Crippen molar-refractivity contribution in [3.05, 3.63) is 0 Å². The zero-order valence-electron chi connectivity index (χ0n) is 14.9. The lowest BCUT2D eigenvalue weighted by atomic mass is 10.6. The Morgan fingerprint density at radius 3 is 1.09 bits per heavy atom. The second kappa shape index (κ2) is 21.7. The second-order valence-corrected chi connectivity index (χ2v) is 4.73. The van der Waals surface area contributed by atoms with Crippen LogP contribution in [-0.4, -0.2) is 92.2 Å². The Bertz CT molecular complexity index is 134. The van der Waals surface area contributed by atoms with Crippen LogP contribution in [-0.2, 0) is 23.7 Å². The predicted octanol–water partition coefficient (Wildman–Crippen LogP) is 0.288. The van der Waals surface area contributed by atoms with Gasteiger partial charge < -0.3 is 34.3 Å². The van der Waals surface area contributed by atoms with Gasteiger partial charge in [-0.1, -0.05) is 0 Å². The van der Waals surface area contributed by atoms with Crippen molar-refractivity contribution in [2.24, 2.45) is 0 Å². The summed E-state index contributed by atoms with van der Waals surface area (Å²) in [5.74, 6) is 0. The van der Waals surface area contributed by atoms with Gasteiger partial charge in [-0.3, -0.25) is 0 Å². The van der Waals surface area contributed by atoms with Crippen LogP contribution in [0.1, 0.15) is 13.8 Å². The smallest absolute Gasteiger partial charge is 0.0701 e. The van der Waals surface area contributed by atoms with Crippen LogP contribution in [0.15, 0.2) is 0 Å².